The van der Waals surface area contributed by atoms with Crippen molar-refractivity contribution in [2.75, 3.05) is 7.05 Å². The third-order valence-electron chi connectivity index (χ3n) is 4.41. The third kappa shape index (κ3) is 3.95. The average Bonchev–Trinajstić information content (AvgIpc) is 2.39. The lowest BCUT2D eigenvalue weighted by Gasteiger charge is -2.37. The van der Waals surface area contributed by atoms with E-state index < -0.39 is 0 Å². The lowest BCUT2D eigenvalue weighted by atomic mass is 9.75. The summed E-state index contributed by atoms with van der Waals surface area (Å²) in [7, 11) is 1.96. The highest BCUT2D eigenvalue weighted by molar-refractivity contribution is 5.20. The van der Waals surface area contributed by atoms with Crippen LogP contribution >= 0.6 is 0 Å². The van der Waals surface area contributed by atoms with Crippen molar-refractivity contribution in [3.63, 3.8) is 0 Å². The Hall–Kier alpha value is -1.09. The van der Waals surface area contributed by atoms with Crippen molar-refractivity contribution in [1.29, 1.82) is 0 Å². The monoisotopic (exact) mass is 276 g/mol. The molecule has 2 rings (SSSR count). The van der Waals surface area contributed by atoms with Crippen molar-refractivity contribution >= 4 is 0 Å². The summed E-state index contributed by atoms with van der Waals surface area (Å²) >= 11 is 0. The number of ether oxygens (including phenoxy) is 1. The quantitative estimate of drug-likeness (QED) is 0.891. The lowest BCUT2D eigenvalue weighted by Crippen LogP contribution is -2.36. The standard InChI is InChI=1S/C17H28N2O/c1-12(2)15-6-5-13(3)9-16(15)20-17-10-14(11-18-4)7-8-19-17/h7-8,10,12-13,15-16,18H,5-6,9,11H2,1-4H3. The van der Waals surface area contributed by atoms with Gasteiger partial charge in [0.1, 0.15) is 6.10 Å². The summed E-state index contributed by atoms with van der Waals surface area (Å²) in [5.41, 5.74) is 1.22. The second-order valence-electron chi connectivity index (χ2n) is 6.52. The molecular weight excluding hydrogens is 248 g/mol. The second kappa shape index (κ2) is 7.07. The number of nitrogens with one attached hydrogen (secondary N) is 1. The van der Waals surface area contributed by atoms with Gasteiger partial charge >= 0.3 is 0 Å². The van der Waals surface area contributed by atoms with E-state index in [0.717, 1.165) is 24.8 Å². The van der Waals surface area contributed by atoms with Crippen molar-refractivity contribution in [2.45, 2.75) is 52.7 Å². The first-order valence-corrected chi connectivity index (χ1v) is 7.86. The van der Waals surface area contributed by atoms with Crippen LogP contribution < -0.4 is 10.1 Å². The molecule has 1 N–H and O–H groups in total. The molecule has 1 aromatic heterocycles. The summed E-state index contributed by atoms with van der Waals surface area (Å²) in [6.07, 6.45) is 5.92. The highest BCUT2D eigenvalue weighted by Gasteiger charge is 2.32. The Morgan fingerprint density at radius 1 is 1.40 bits per heavy atom. The smallest absolute Gasteiger partial charge is 0.213 e. The molecule has 0 aliphatic heterocycles. The molecular formula is C17H28N2O. The molecule has 1 heterocycles. The Morgan fingerprint density at radius 2 is 2.20 bits per heavy atom. The summed E-state index contributed by atoms with van der Waals surface area (Å²) in [5, 5.41) is 3.17. The molecule has 0 saturated heterocycles. The number of aromatic nitrogens is 1. The summed E-state index contributed by atoms with van der Waals surface area (Å²) in [4.78, 5) is 4.38. The van der Waals surface area contributed by atoms with Crippen molar-refractivity contribution in [1.82, 2.24) is 10.3 Å². The maximum atomic E-state index is 6.25. The van der Waals surface area contributed by atoms with E-state index in [2.05, 4.69) is 37.1 Å². The Balaban J connectivity index is 2.07. The zero-order valence-corrected chi connectivity index (χ0v) is 13.2. The molecule has 0 amide bonds. The fourth-order valence-corrected chi connectivity index (χ4v) is 3.23. The highest BCUT2D eigenvalue weighted by Crippen LogP contribution is 2.35. The van der Waals surface area contributed by atoms with Crippen LogP contribution in [-0.2, 0) is 6.54 Å². The molecule has 1 saturated carbocycles. The van der Waals surface area contributed by atoms with Gasteiger partial charge in [-0.25, -0.2) is 4.98 Å². The maximum absolute atomic E-state index is 6.25. The second-order valence-corrected chi connectivity index (χ2v) is 6.52. The molecule has 0 bridgehead atoms. The van der Waals surface area contributed by atoms with Crippen LogP contribution in [0.15, 0.2) is 18.3 Å². The number of pyridine rings is 1. The van der Waals surface area contributed by atoms with Gasteiger partial charge < -0.3 is 10.1 Å². The lowest BCUT2D eigenvalue weighted by molar-refractivity contribution is 0.0426. The Bertz CT molecular complexity index is 419. The number of hydrogen-bond donors (Lipinski definition) is 1. The van der Waals surface area contributed by atoms with Crippen molar-refractivity contribution < 1.29 is 4.74 Å². The molecule has 0 spiro atoms. The average molecular weight is 276 g/mol. The highest BCUT2D eigenvalue weighted by atomic mass is 16.5. The van der Waals surface area contributed by atoms with Gasteiger partial charge in [-0.05, 0) is 49.3 Å². The van der Waals surface area contributed by atoms with Gasteiger partial charge in [-0.1, -0.05) is 27.2 Å². The number of nitrogens with zero attached hydrogens (tertiary/aromatic N) is 1. The van der Waals surface area contributed by atoms with Crippen LogP contribution in [0.1, 0.15) is 45.6 Å². The topological polar surface area (TPSA) is 34.2 Å². The van der Waals surface area contributed by atoms with E-state index in [9.17, 15) is 0 Å². The number of hydrogen-bond acceptors (Lipinski definition) is 3. The molecule has 1 fully saturated rings. The van der Waals surface area contributed by atoms with E-state index in [0.29, 0.717) is 17.9 Å². The summed E-state index contributed by atoms with van der Waals surface area (Å²) in [6.45, 7) is 7.80. The molecule has 1 aromatic rings. The first kappa shape index (κ1) is 15.3. The third-order valence-corrected chi connectivity index (χ3v) is 4.41. The summed E-state index contributed by atoms with van der Waals surface area (Å²) in [5.74, 6) is 2.87. The summed E-state index contributed by atoms with van der Waals surface area (Å²) < 4.78 is 6.25. The molecule has 0 aromatic carbocycles. The van der Waals surface area contributed by atoms with E-state index in [4.69, 9.17) is 4.74 Å². The maximum Gasteiger partial charge on any atom is 0.213 e. The zero-order valence-electron chi connectivity index (χ0n) is 13.2. The molecule has 112 valence electrons. The Labute approximate surface area is 123 Å². The van der Waals surface area contributed by atoms with Crippen LogP contribution in [0.2, 0.25) is 0 Å². The van der Waals surface area contributed by atoms with E-state index in [1.165, 1.54) is 18.4 Å². The summed E-state index contributed by atoms with van der Waals surface area (Å²) in [6, 6.07) is 4.10. The zero-order chi connectivity index (χ0) is 14.5. The molecule has 0 radical (unpaired) electrons. The largest absolute Gasteiger partial charge is 0.474 e. The van der Waals surface area contributed by atoms with Crippen LogP contribution in [0.4, 0.5) is 0 Å². The van der Waals surface area contributed by atoms with E-state index >= 15 is 0 Å². The first-order chi connectivity index (χ1) is 9.60. The van der Waals surface area contributed by atoms with Crippen molar-refractivity contribution in [3.8, 4) is 5.88 Å². The van der Waals surface area contributed by atoms with Crippen LogP contribution in [0.25, 0.3) is 0 Å². The molecule has 1 aliphatic carbocycles. The number of rotatable bonds is 5. The van der Waals surface area contributed by atoms with Gasteiger partial charge in [0, 0.05) is 18.8 Å². The Kier molecular flexibility index (Phi) is 5.41. The predicted molar refractivity (Wildman–Crippen MR) is 82.8 cm³/mol. The minimum Gasteiger partial charge on any atom is -0.474 e. The Morgan fingerprint density at radius 3 is 2.90 bits per heavy atom. The van der Waals surface area contributed by atoms with E-state index in [1.54, 1.807) is 0 Å². The van der Waals surface area contributed by atoms with Gasteiger partial charge in [0.25, 0.3) is 0 Å². The van der Waals surface area contributed by atoms with E-state index in [1.807, 2.05) is 19.3 Å². The fourth-order valence-electron chi connectivity index (χ4n) is 3.23. The van der Waals surface area contributed by atoms with Crippen molar-refractivity contribution in [3.05, 3.63) is 23.9 Å². The molecule has 3 nitrogen and oxygen atoms in total. The van der Waals surface area contributed by atoms with Gasteiger partial charge in [0.2, 0.25) is 5.88 Å². The minimum atomic E-state index is 0.316. The van der Waals surface area contributed by atoms with Crippen LogP contribution in [0, 0.1) is 17.8 Å². The molecule has 20 heavy (non-hydrogen) atoms. The fraction of sp³-hybridized carbons (Fsp3) is 0.706. The van der Waals surface area contributed by atoms with Crippen molar-refractivity contribution in [2.24, 2.45) is 17.8 Å². The molecule has 3 atom stereocenters. The first-order valence-electron chi connectivity index (χ1n) is 7.86. The predicted octanol–water partition coefficient (Wildman–Crippen LogP) is 3.64. The van der Waals surface area contributed by atoms with Gasteiger partial charge in [0.05, 0.1) is 0 Å². The van der Waals surface area contributed by atoms with E-state index in [-0.39, 0.29) is 0 Å². The molecule has 3 unspecified atom stereocenters. The normalized spacial score (nSPS) is 26.8. The molecule has 1 aliphatic rings. The van der Waals surface area contributed by atoms with Crippen LogP contribution in [-0.4, -0.2) is 18.1 Å². The SMILES string of the molecule is CNCc1ccnc(OC2CC(C)CCC2C(C)C)c1. The van der Waals surface area contributed by atoms with Gasteiger partial charge in [-0.15, -0.1) is 0 Å². The van der Waals surface area contributed by atoms with Crippen LogP contribution in [0.5, 0.6) is 5.88 Å². The molecule has 3 heteroatoms. The van der Waals surface area contributed by atoms with Gasteiger partial charge in [-0.2, -0.15) is 0 Å². The van der Waals surface area contributed by atoms with Gasteiger partial charge in [0.15, 0.2) is 0 Å². The van der Waals surface area contributed by atoms with Gasteiger partial charge in [-0.3, -0.25) is 0 Å². The van der Waals surface area contributed by atoms with Crippen LogP contribution in [0.3, 0.4) is 0 Å². The minimum absolute atomic E-state index is 0.316.